The summed E-state index contributed by atoms with van der Waals surface area (Å²) in [7, 11) is 0. The highest BCUT2D eigenvalue weighted by Gasteiger charge is 2.24. The zero-order valence-electron chi connectivity index (χ0n) is 7.18. The molecule has 1 rings (SSSR count). The van der Waals surface area contributed by atoms with Crippen LogP contribution in [-0.2, 0) is 4.74 Å². The fraction of sp³-hybridized carbons (Fsp3) is 1.00. The fourth-order valence-corrected chi connectivity index (χ4v) is 2.06. The molecule has 0 N–H and O–H groups in total. The minimum absolute atomic E-state index is 0.465. The highest BCUT2D eigenvalue weighted by atomic mass is 35.5. The summed E-state index contributed by atoms with van der Waals surface area (Å²) < 4.78 is 5.57. The molecule has 0 amide bonds. The molecule has 0 bridgehead atoms. The van der Waals surface area contributed by atoms with Crippen LogP contribution < -0.4 is 0 Å². The van der Waals surface area contributed by atoms with E-state index in [1.807, 2.05) is 0 Å². The molecule has 0 aromatic carbocycles. The Morgan fingerprint density at radius 2 is 2.45 bits per heavy atom. The van der Waals surface area contributed by atoms with Crippen molar-refractivity contribution in [1.29, 1.82) is 0 Å². The summed E-state index contributed by atoms with van der Waals surface area (Å²) in [6.07, 6.45) is 5.34. The Kier molecular flexibility index (Phi) is 4.24. The van der Waals surface area contributed by atoms with Gasteiger partial charge in [-0.1, -0.05) is 13.3 Å². The maximum absolute atomic E-state index is 5.85. The average Bonchev–Trinajstić information content (AvgIpc) is 2.52. The molecule has 1 heterocycles. The number of hydrogen-bond acceptors (Lipinski definition) is 1. The standard InChI is InChI=1S/C9H17ClO/c1-2-4-8(7-10)9-5-3-6-11-9/h8-9H,2-7H2,1H3. The number of rotatable bonds is 4. The van der Waals surface area contributed by atoms with Crippen LogP contribution in [0.3, 0.4) is 0 Å². The lowest BCUT2D eigenvalue weighted by Crippen LogP contribution is -2.20. The van der Waals surface area contributed by atoms with E-state index in [1.165, 1.54) is 25.7 Å². The van der Waals surface area contributed by atoms with Gasteiger partial charge in [-0.05, 0) is 25.2 Å². The van der Waals surface area contributed by atoms with Crippen molar-refractivity contribution in [2.75, 3.05) is 12.5 Å². The molecule has 1 nitrogen and oxygen atoms in total. The van der Waals surface area contributed by atoms with E-state index in [0.717, 1.165) is 12.5 Å². The van der Waals surface area contributed by atoms with Crippen LogP contribution >= 0.6 is 11.6 Å². The lowest BCUT2D eigenvalue weighted by Gasteiger charge is -2.19. The molecule has 0 radical (unpaired) electrons. The lowest BCUT2D eigenvalue weighted by molar-refractivity contribution is 0.0673. The molecule has 11 heavy (non-hydrogen) atoms. The highest BCUT2D eigenvalue weighted by molar-refractivity contribution is 6.18. The van der Waals surface area contributed by atoms with Crippen molar-refractivity contribution in [2.24, 2.45) is 5.92 Å². The Labute approximate surface area is 74.1 Å². The zero-order chi connectivity index (χ0) is 8.10. The van der Waals surface area contributed by atoms with Crippen LogP contribution in [0.15, 0.2) is 0 Å². The van der Waals surface area contributed by atoms with E-state index in [0.29, 0.717) is 12.0 Å². The first-order chi connectivity index (χ1) is 5.38. The van der Waals surface area contributed by atoms with Crippen molar-refractivity contribution < 1.29 is 4.74 Å². The molecule has 1 fully saturated rings. The molecule has 0 aliphatic carbocycles. The molecule has 1 aliphatic heterocycles. The summed E-state index contributed by atoms with van der Waals surface area (Å²) in [4.78, 5) is 0. The minimum Gasteiger partial charge on any atom is -0.378 e. The van der Waals surface area contributed by atoms with E-state index in [9.17, 15) is 0 Å². The van der Waals surface area contributed by atoms with Gasteiger partial charge in [0.2, 0.25) is 0 Å². The van der Waals surface area contributed by atoms with E-state index in [2.05, 4.69) is 6.92 Å². The fourth-order valence-electron chi connectivity index (χ4n) is 1.71. The molecule has 0 spiro atoms. The second-order valence-electron chi connectivity index (χ2n) is 3.25. The van der Waals surface area contributed by atoms with Crippen molar-refractivity contribution in [2.45, 2.75) is 38.7 Å². The topological polar surface area (TPSA) is 9.23 Å². The first kappa shape index (κ1) is 9.34. The first-order valence-corrected chi connectivity index (χ1v) is 5.09. The molecule has 2 atom stereocenters. The Hall–Kier alpha value is 0.250. The molecule has 66 valence electrons. The van der Waals surface area contributed by atoms with E-state index in [4.69, 9.17) is 16.3 Å². The number of ether oxygens (including phenoxy) is 1. The van der Waals surface area contributed by atoms with Gasteiger partial charge in [0.05, 0.1) is 6.10 Å². The van der Waals surface area contributed by atoms with Crippen LogP contribution in [0.2, 0.25) is 0 Å². The van der Waals surface area contributed by atoms with E-state index < -0.39 is 0 Å². The summed E-state index contributed by atoms with van der Waals surface area (Å²) in [5.41, 5.74) is 0. The lowest BCUT2D eigenvalue weighted by atomic mass is 9.97. The largest absolute Gasteiger partial charge is 0.378 e. The summed E-state index contributed by atoms with van der Waals surface area (Å²) in [6, 6.07) is 0. The molecule has 1 saturated heterocycles. The van der Waals surface area contributed by atoms with Crippen molar-refractivity contribution in [3.8, 4) is 0 Å². The van der Waals surface area contributed by atoms with Gasteiger partial charge in [-0.15, -0.1) is 11.6 Å². The monoisotopic (exact) mass is 176 g/mol. The second kappa shape index (κ2) is 5.00. The molecule has 0 saturated carbocycles. The van der Waals surface area contributed by atoms with Crippen molar-refractivity contribution in [3.05, 3.63) is 0 Å². The third-order valence-corrected chi connectivity index (χ3v) is 2.74. The molecule has 0 aromatic heterocycles. The van der Waals surface area contributed by atoms with Crippen LogP contribution in [-0.4, -0.2) is 18.6 Å². The highest BCUT2D eigenvalue weighted by Crippen LogP contribution is 2.24. The minimum atomic E-state index is 0.465. The molecular weight excluding hydrogens is 160 g/mol. The SMILES string of the molecule is CCCC(CCl)C1CCCO1. The maximum Gasteiger partial charge on any atom is 0.0615 e. The van der Waals surface area contributed by atoms with Gasteiger partial charge in [0.15, 0.2) is 0 Å². The Balaban J connectivity index is 2.27. The van der Waals surface area contributed by atoms with E-state index in [1.54, 1.807) is 0 Å². The van der Waals surface area contributed by atoms with Gasteiger partial charge in [0.1, 0.15) is 0 Å². The average molecular weight is 177 g/mol. The first-order valence-electron chi connectivity index (χ1n) is 4.56. The normalized spacial score (nSPS) is 27.3. The Bertz CT molecular complexity index is 99.7. The predicted octanol–water partition coefficient (Wildman–Crippen LogP) is 2.82. The van der Waals surface area contributed by atoms with Gasteiger partial charge in [-0.25, -0.2) is 0 Å². The molecule has 2 unspecified atom stereocenters. The van der Waals surface area contributed by atoms with Gasteiger partial charge in [0, 0.05) is 12.5 Å². The zero-order valence-corrected chi connectivity index (χ0v) is 7.94. The van der Waals surface area contributed by atoms with Crippen molar-refractivity contribution >= 4 is 11.6 Å². The second-order valence-corrected chi connectivity index (χ2v) is 3.56. The van der Waals surface area contributed by atoms with E-state index in [-0.39, 0.29) is 0 Å². The summed E-state index contributed by atoms with van der Waals surface area (Å²) >= 11 is 5.85. The number of alkyl halides is 1. The molecular formula is C9H17ClO. The van der Waals surface area contributed by atoms with Crippen LogP contribution in [0.1, 0.15) is 32.6 Å². The number of hydrogen-bond donors (Lipinski definition) is 0. The summed E-state index contributed by atoms with van der Waals surface area (Å²) in [6.45, 7) is 3.15. The molecule has 2 heteroatoms. The third-order valence-electron chi connectivity index (χ3n) is 2.35. The maximum atomic E-state index is 5.85. The Morgan fingerprint density at radius 3 is 2.91 bits per heavy atom. The van der Waals surface area contributed by atoms with Gasteiger partial charge < -0.3 is 4.74 Å². The quantitative estimate of drug-likeness (QED) is 0.599. The van der Waals surface area contributed by atoms with Crippen LogP contribution in [0.4, 0.5) is 0 Å². The van der Waals surface area contributed by atoms with Crippen LogP contribution in [0.25, 0.3) is 0 Å². The molecule has 0 aromatic rings. The summed E-state index contributed by atoms with van der Waals surface area (Å²) in [5, 5.41) is 0. The van der Waals surface area contributed by atoms with Crippen molar-refractivity contribution in [1.82, 2.24) is 0 Å². The summed E-state index contributed by atoms with van der Waals surface area (Å²) in [5.74, 6) is 1.36. The Morgan fingerprint density at radius 1 is 1.64 bits per heavy atom. The van der Waals surface area contributed by atoms with E-state index >= 15 is 0 Å². The van der Waals surface area contributed by atoms with Crippen LogP contribution in [0, 0.1) is 5.92 Å². The predicted molar refractivity (Wildman–Crippen MR) is 48.1 cm³/mol. The number of halogens is 1. The van der Waals surface area contributed by atoms with Gasteiger partial charge >= 0.3 is 0 Å². The smallest absolute Gasteiger partial charge is 0.0615 e. The van der Waals surface area contributed by atoms with Gasteiger partial charge in [-0.3, -0.25) is 0 Å². The van der Waals surface area contributed by atoms with Gasteiger partial charge in [0.25, 0.3) is 0 Å². The van der Waals surface area contributed by atoms with Crippen molar-refractivity contribution in [3.63, 3.8) is 0 Å². The molecule has 1 aliphatic rings. The van der Waals surface area contributed by atoms with Crippen LogP contribution in [0.5, 0.6) is 0 Å². The van der Waals surface area contributed by atoms with Gasteiger partial charge in [-0.2, -0.15) is 0 Å². The third kappa shape index (κ3) is 2.64.